The third-order valence-electron chi connectivity index (χ3n) is 1.62. The molecule has 2 unspecified atom stereocenters. The molecule has 0 aliphatic rings. The SMILES string of the molecule is CCCCC(C)C[P+](C)=O. The number of hydrogen-bond donors (Lipinski definition) is 0. The number of rotatable bonds is 5. The minimum absolute atomic E-state index is 0.661. The molecule has 2 atom stereocenters. The average Bonchev–Trinajstić information content (AvgIpc) is 1.82. The van der Waals surface area contributed by atoms with Crippen molar-refractivity contribution in [3.05, 3.63) is 0 Å². The molecule has 0 saturated heterocycles. The van der Waals surface area contributed by atoms with Gasteiger partial charge in [0.25, 0.3) is 0 Å². The van der Waals surface area contributed by atoms with E-state index >= 15 is 0 Å². The Morgan fingerprint density at radius 2 is 2.10 bits per heavy atom. The van der Waals surface area contributed by atoms with Gasteiger partial charge in [-0.25, -0.2) is 0 Å². The Balaban J connectivity index is 3.25. The zero-order valence-electron chi connectivity index (χ0n) is 7.26. The first-order chi connectivity index (χ1) is 4.66. The number of hydrogen-bond acceptors (Lipinski definition) is 1. The zero-order chi connectivity index (χ0) is 7.98. The molecule has 10 heavy (non-hydrogen) atoms. The normalized spacial score (nSPS) is 14.9. The van der Waals surface area contributed by atoms with E-state index < -0.39 is 7.80 Å². The summed E-state index contributed by atoms with van der Waals surface area (Å²) in [6.45, 7) is 6.20. The van der Waals surface area contributed by atoms with Gasteiger partial charge in [-0.05, 0) is 12.3 Å². The minimum Gasteiger partial charge on any atom is -0.0752 e. The summed E-state index contributed by atoms with van der Waals surface area (Å²) < 4.78 is 10.8. The predicted molar refractivity (Wildman–Crippen MR) is 47.1 cm³/mol. The molecule has 0 aliphatic carbocycles. The molecule has 0 saturated carbocycles. The summed E-state index contributed by atoms with van der Waals surface area (Å²) in [5.74, 6) is 0.661. The van der Waals surface area contributed by atoms with Crippen LogP contribution in [-0.4, -0.2) is 12.8 Å². The van der Waals surface area contributed by atoms with Crippen LogP contribution in [0.2, 0.25) is 0 Å². The average molecular weight is 161 g/mol. The van der Waals surface area contributed by atoms with Crippen molar-refractivity contribution in [2.75, 3.05) is 12.8 Å². The molecule has 2 heteroatoms. The maximum atomic E-state index is 10.8. The van der Waals surface area contributed by atoms with Crippen LogP contribution in [0.4, 0.5) is 0 Å². The maximum Gasteiger partial charge on any atom is 0.335 e. The van der Waals surface area contributed by atoms with Crippen molar-refractivity contribution >= 4 is 7.80 Å². The second-order valence-electron chi connectivity index (χ2n) is 3.06. The van der Waals surface area contributed by atoms with E-state index in [2.05, 4.69) is 13.8 Å². The lowest BCUT2D eigenvalue weighted by molar-refractivity contribution is 0.537. The molecule has 0 amide bonds. The molecule has 0 bridgehead atoms. The van der Waals surface area contributed by atoms with Gasteiger partial charge < -0.3 is 0 Å². The Bertz CT molecular complexity index is 101. The lowest BCUT2D eigenvalue weighted by atomic mass is 10.1. The summed E-state index contributed by atoms with van der Waals surface area (Å²) in [4.78, 5) is 0. The van der Waals surface area contributed by atoms with E-state index in [-0.39, 0.29) is 0 Å². The lowest BCUT2D eigenvalue weighted by Gasteiger charge is -2.01. The van der Waals surface area contributed by atoms with E-state index in [4.69, 9.17) is 0 Å². The Morgan fingerprint density at radius 1 is 1.50 bits per heavy atom. The highest BCUT2D eigenvalue weighted by atomic mass is 31.1. The van der Waals surface area contributed by atoms with Gasteiger partial charge in [-0.3, -0.25) is 0 Å². The first-order valence-corrected chi connectivity index (χ1v) is 5.94. The fourth-order valence-corrected chi connectivity index (χ4v) is 2.14. The van der Waals surface area contributed by atoms with E-state index in [1.54, 1.807) is 0 Å². The van der Waals surface area contributed by atoms with Gasteiger partial charge in [0.15, 0.2) is 0 Å². The van der Waals surface area contributed by atoms with E-state index in [9.17, 15) is 4.57 Å². The van der Waals surface area contributed by atoms with Gasteiger partial charge in [0.1, 0.15) is 12.8 Å². The van der Waals surface area contributed by atoms with Gasteiger partial charge in [0, 0.05) is 0 Å². The summed E-state index contributed by atoms with van der Waals surface area (Å²) in [6, 6.07) is 0. The number of unbranched alkanes of at least 4 members (excludes halogenated alkanes) is 1. The van der Waals surface area contributed by atoms with Gasteiger partial charge in [-0.1, -0.05) is 31.3 Å². The first kappa shape index (κ1) is 10.1. The van der Waals surface area contributed by atoms with E-state index in [0.717, 1.165) is 6.16 Å². The van der Waals surface area contributed by atoms with Gasteiger partial charge in [0.05, 0.1) is 0 Å². The molecule has 1 nitrogen and oxygen atoms in total. The van der Waals surface area contributed by atoms with Crippen molar-refractivity contribution in [3.63, 3.8) is 0 Å². The van der Waals surface area contributed by atoms with Gasteiger partial charge in [0.2, 0.25) is 0 Å². The van der Waals surface area contributed by atoms with Crippen LogP contribution in [0.1, 0.15) is 33.1 Å². The Morgan fingerprint density at radius 3 is 2.50 bits per heavy atom. The molecule has 0 rings (SSSR count). The standard InChI is InChI=1S/C8H18OP/c1-4-5-6-8(2)7-10(3)9/h8H,4-7H2,1-3H3/q+1. The smallest absolute Gasteiger partial charge is 0.0752 e. The van der Waals surface area contributed by atoms with Crippen LogP contribution in [0, 0.1) is 5.92 Å². The van der Waals surface area contributed by atoms with E-state index in [1.165, 1.54) is 19.3 Å². The van der Waals surface area contributed by atoms with Crippen LogP contribution in [0.5, 0.6) is 0 Å². The second kappa shape index (κ2) is 5.85. The largest absolute Gasteiger partial charge is 0.335 e. The Hall–Kier alpha value is 0.100. The first-order valence-electron chi connectivity index (χ1n) is 4.05. The van der Waals surface area contributed by atoms with Crippen LogP contribution in [0.3, 0.4) is 0 Å². The molecule has 0 N–H and O–H groups in total. The minimum atomic E-state index is -0.906. The molecule has 0 aromatic heterocycles. The molecule has 0 spiro atoms. The van der Waals surface area contributed by atoms with Gasteiger partial charge in [-0.15, -0.1) is 0 Å². The zero-order valence-corrected chi connectivity index (χ0v) is 8.16. The van der Waals surface area contributed by atoms with Crippen molar-refractivity contribution in [1.29, 1.82) is 0 Å². The summed E-state index contributed by atoms with van der Waals surface area (Å²) >= 11 is 0. The summed E-state index contributed by atoms with van der Waals surface area (Å²) in [7, 11) is -0.906. The predicted octanol–water partition coefficient (Wildman–Crippen LogP) is 3.27. The molecule has 0 aliphatic heterocycles. The highest BCUT2D eigenvalue weighted by Gasteiger charge is 2.12. The van der Waals surface area contributed by atoms with Crippen LogP contribution in [-0.2, 0) is 4.57 Å². The third-order valence-corrected chi connectivity index (χ3v) is 2.76. The molecule has 0 fully saturated rings. The van der Waals surface area contributed by atoms with Crippen molar-refractivity contribution in [3.8, 4) is 0 Å². The third kappa shape index (κ3) is 6.22. The monoisotopic (exact) mass is 161 g/mol. The van der Waals surface area contributed by atoms with E-state index in [0.29, 0.717) is 5.92 Å². The van der Waals surface area contributed by atoms with Gasteiger partial charge in [-0.2, -0.15) is 0 Å². The van der Waals surface area contributed by atoms with Gasteiger partial charge >= 0.3 is 7.80 Å². The topological polar surface area (TPSA) is 17.1 Å². The maximum absolute atomic E-state index is 10.8. The van der Waals surface area contributed by atoms with Crippen molar-refractivity contribution < 1.29 is 4.57 Å². The van der Waals surface area contributed by atoms with Crippen LogP contribution < -0.4 is 0 Å². The Labute approximate surface area is 65.0 Å². The molecular weight excluding hydrogens is 143 g/mol. The highest BCUT2D eigenvalue weighted by molar-refractivity contribution is 7.43. The fourth-order valence-electron chi connectivity index (χ4n) is 1.08. The molecule has 0 aromatic rings. The fraction of sp³-hybridized carbons (Fsp3) is 1.00. The molecule has 0 radical (unpaired) electrons. The lowest BCUT2D eigenvalue weighted by Crippen LogP contribution is -1.96. The highest BCUT2D eigenvalue weighted by Crippen LogP contribution is 2.21. The summed E-state index contributed by atoms with van der Waals surface area (Å²) in [5, 5.41) is 0. The van der Waals surface area contributed by atoms with Crippen molar-refractivity contribution in [2.45, 2.75) is 33.1 Å². The van der Waals surface area contributed by atoms with E-state index in [1.807, 2.05) is 6.66 Å². The molecule has 0 aromatic carbocycles. The van der Waals surface area contributed by atoms with Crippen molar-refractivity contribution in [2.24, 2.45) is 5.92 Å². The summed E-state index contributed by atoms with van der Waals surface area (Å²) in [6.07, 6.45) is 4.69. The van der Waals surface area contributed by atoms with Crippen LogP contribution in [0.25, 0.3) is 0 Å². The quantitative estimate of drug-likeness (QED) is 0.565. The molecular formula is C8H18OP+. The molecule has 0 heterocycles. The Kier molecular flexibility index (Phi) is 5.91. The van der Waals surface area contributed by atoms with Crippen molar-refractivity contribution in [1.82, 2.24) is 0 Å². The second-order valence-corrected chi connectivity index (χ2v) is 4.68. The van der Waals surface area contributed by atoms with Crippen LogP contribution >= 0.6 is 7.80 Å². The molecule has 60 valence electrons. The summed E-state index contributed by atoms with van der Waals surface area (Å²) in [5.41, 5.74) is 0. The van der Waals surface area contributed by atoms with Crippen LogP contribution in [0.15, 0.2) is 0 Å².